The van der Waals surface area contributed by atoms with Crippen LogP contribution in [0, 0.1) is 16.7 Å². The van der Waals surface area contributed by atoms with Crippen LogP contribution in [0.25, 0.3) is 0 Å². The van der Waals surface area contributed by atoms with E-state index in [2.05, 4.69) is 48.5 Å². The van der Waals surface area contributed by atoms with Crippen molar-refractivity contribution in [1.29, 1.82) is 0 Å². The average Bonchev–Trinajstić information content (AvgIpc) is 2.26. The van der Waals surface area contributed by atoms with Gasteiger partial charge in [-0.1, -0.05) is 34.6 Å². The van der Waals surface area contributed by atoms with Crippen molar-refractivity contribution in [3.63, 3.8) is 0 Å². The molecule has 2 fully saturated rings. The van der Waals surface area contributed by atoms with Crippen LogP contribution in [0.3, 0.4) is 0 Å². The standard InChI is InChI=1S/C16H30O2/c1-10-8-15(4,5)11(2)14-13(17-10)9-16(6,7)12(3)18-14/h10-14H,8-9H2,1-7H3. The quantitative estimate of drug-likeness (QED) is 0.650. The van der Waals surface area contributed by atoms with Crippen LogP contribution in [-0.4, -0.2) is 24.4 Å². The molecule has 2 heteroatoms. The molecule has 0 radical (unpaired) electrons. The molecule has 106 valence electrons. The van der Waals surface area contributed by atoms with Crippen LogP contribution in [-0.2, 0) is 9.47 Å². The summed E-state index contributed by atoms with van der Waals surface area (Å²) >= 11 is 0. The van der Waals surface area contributed by atoms with Gasteiger partial charge in [-0.05, 0) is 43.4 Å². The molecule has 0 aromatic rings. The number of hydrogen-bond donors (Lipinski definition) is 0. The maximum Gasteiger partial charge on any atom is 0.0871 e. The fourth-order valence-corrected chi connectivity index (χ4v) is 3.59. The molecule has 0 spiro atoms. The molecule has 0 saturated carbocycles. The highest BCUT2D eigenvalue weighted by Gasteiger charge is 2.49. The molecule has 0 amide bonds. The lowest BCUT2D eigenvalue weighted by atomic mass is 9.69. The van der Waals surface area contributed by atoms with E-state index in [1.807, 2.05) is 0 Å². The van der Waals surface area contributed by atoms with E-state index in [9.17, 15) is 0 Å². The summed E-state index contributed by atoms with van der Waals surface area (Å²) in [6, 6.07) is 0. The van der Waals surface area contributed by atoms with E-state index >= 15 is 0 Å². The van der Waals surface area contributed by atoms with Gasteiger partial charge in [-0.2, -0.15) is 0 Å². The molecule has 0 aromatic heterocycles. The van der Waals surface area contributed by atoms with Crippen molar-refractivity contribution < 1.29 is 9.47 Å². The summed E-state index contributed by atoms with van der Waals surface area (Å²) in [4.78, 5) is 0. The van der Waals surface area contributed by atoms with Gasteiger partial charge in [-0.25, -0.2) is 0 Å². The van der Waals surface area contributed by atoms with E-state index in [0.717, 1.165) is 12.8 Å². The molecule has 5 atom stereocenters. The first-order chi connectivity index (χ1) is 8.13. The van der Waals surface area contributed by atoms with Crippen LogP contribution >= 0.6 is 0 Å². The summed E-state index contributed by atoms with van der Waals surface area (Å²) in [7, 11) is 0. The third kappa shape index (κ3) is 2.46. The predicted molar refractivity (Wildman–Crippen MR) is 74.6 cm³/mol. The summed E-state index contributed by atoms with van der Waals surface area (Å²) in [6.07, 6.45) is 3.42. The van der Waals surface area contributed by atoms with Crippen LogP contribution in [0.5, 0.6) is 0 Å². The van der Waals surface area contributed by atoms with Crippen molar-refractivity contribution >= 4 is 0 Å². The predicted octanol–water partition coefficient (Wildman–Crippen LogP) is 4.03. The van der Waals surface area contributed by atoms with Gasteiger partial charge in [0.2, 0.25) is 0 Å². The molecule has 2 heterocycles. The van der Waals surface area contributed by atoms with Crippen molar-refractivity contribution in [2.24, 2.45) is 16.7 Å². The van der Waals surface area contributed by atoms with Crippen LogP contribution in [0.4, 0.5) is 0 Å². The van der Waals surface area contributed by atoms with Gasteiger partial charge >= 0.3 is 0 Å². The molecule has 0 bridgehead atoms. The monoisotopic (exact) mass is 254 g/mol. The lowest BCUT2D eigenvalue weighted by Crippen LogP contribution is -2.52. The maximum absolute atomic E-state index is 6.36. The Hall–Kier alpha value is -0.0800. The van der Waals surface area contributed by atoms with E-state index < -0.39 is 0 Å². The van der Waals surface area contributed by atoms with E-state index in [1.54, 1.807) is 0 Å². The van der Waals surface area contributed by atoms with Crippen molar-refractivity contribution in [3.05, 3.63) is 0 Å². The molecule has 0 aliphatic carbocycles. The molecule has 2 aliphatic heterocycles. The highest BCUT2D eigenvalue weighted by molar-refractivity contribution is 4.97. The van der Waals surface area contributed by atoms with Crippen LogP contribution in [0.2, 0.25) is 0 Å². The Balaban J connectivity index is 2.26. The Morgan fingerprint density at radius 3 is 2.06 bits per heavy atom. The fourth-order valence-electron chi connectivity index (χ4n) is 3.59. The van der Waals surface area contributed by atoms with E-state index in [0.29, 0.717) is 23.5 Å². The molecule has 2 saturated heterocycles. The van der Waals surface area contributed by atoms with Crippen LogP contribution in [0.15, 0.2) is 0 Å². The number of fused-ring (bicyclic) bond motifs is 1. The number of hydrogen-bond acceptors (Lipinski definition) is 2. The summed E-state index contributed by atoms with van der Waals surface area (Å²) < 4.78 is 12.6. The van der Waals surface area contributed by atoms with Gasteiger partial charge in [0.15, 0.2) is 0 Å². The highest BCUT2D eigenvalue weighted by atomic mass is 16.6. The molecule has 18 heavy (non-hydrogen) atoms. The zero-order valence-corrected chi connectivity index (χ0v) is 13.1. The summed E-state index contributed by atoms with van der Waals surface area (Å²) in [6.45, 7) is 16.1. The maximum atomic E-state index is 6.36. The van der Waals surface area contributed by atoms with Gasteiger partial charge in [-0.15, -0.1) is 0 Å². The Morgan fingerprint density at radius 1 is 0.833 bits per heavy atom. The Morgan fingerprint density at radius 2 is 1.44 bits per heavy atom. The minimum absolute atomic E-state index is 0.217. The summed E-state index contributed by atoms with van der Waals surface area (Å²) in [5.41, 5.74) is 0.509. The van der Waals surface area contributed by atoms with Crippen LogP contribution in [0.1, 0.15) is 61.3 Å². The van der Waals surface area contributed by atoms with E-state index in [4.69, 9.17) is 9.47 Å². The minimum atomic E-state index is 0.217. The van der Waals surface area contributed by atoms with Gasteiger partial charge in [0, 0.05) is 0 Å². The second-order valence-electron chi connectivity index (χ2n) is 7.90. The van der Waals surface area contributed by atoms with Crippen molar-refractivity contribution in [2.45, 2.75) is 85.7 Å². The second kappa shape index (κ2) is 4.49. The second-order valence-corrected chi connectivity index (χ2v) is 7.90. The first-order valence-corrected chi connectivity index (χ1v) is 7.44. The van der Waals surface area contributed by atoms with E-state index in [1.165, 1.54) is 0 Å². The summed E-state index contributed by atoms with van der Waals surface area (Å²) in [5, 5.41) is 0. The van der Waals surface area contributed by atoms with Gasteiger partial charge in [0.25, 0.3) is 0 Å². The van der Waals surface area contributed by atoms with Gasteiger partial charge in [0.1, 0.15) is 0 Å². The van der Waals surface area contributed by atoms with Gasteiger partial charge in [-0.3, -0.25) is 0 Å². The number of ether oxygens (including phenoxy) is 2. The third-order valence-corrected chi connectivity index (χ3v) is 5.50. The lowest BCUT2D eigenvalue weighted by Gasteiger charge is -2.48. The molecule has 5 unspecified atom stereocenters. The third-order valence-electron chi connectivity index (χ3n) is 5.50. The zero-order chi connectivity index (χ0) is 13.7. The molecule has 2 aliphatic rings. The first-order valence-electron chi connectivity index (χ1n) is 7.44. The lowest BCUT2D eigenvalue weighted by molar-refractivity contribution is -0.201. The molecule has 2 rings (SSSR count). The van der Waals surface area contributed by atoms with Gasteiger partial charge in [0.05, 0.1) is 24.4 Å². The largest absolute Gasteiger partial charge is 0.373 e. The molecule has 0 aromatic carbocycles. The van der Waals surface area contributed by atoms with E-state index in [-0.39, 0.29) is 17.6 Å². The Labute approximate surface area is 112 Å². The minimum Gasteiger partial charge on any atom is -0.373 e. The molecule has 0 N–H and O–H groups in total. The Kier molecular flexibility index (Phi) is 3.57. The zero-order valence-electron chi connectivity index (χ0n) is 13.1. The first kappa shape index (κ1) is 14.3. The Bertz CT molecular complexity index is 308. The SMILES string of the molecule is CC1CC(C)(C)C(C)C2OC(C)C(C)(C)CC2O1. The highest BCUT2D eigenvalue weighted by Crippen LogP contribution is 2.47. The smallest absolute Gasteiger partial charge is 0.0871 e. The van der Waals surface area contributed by atoms with Crippen molar-refractivity contribution in [2.75, 3.05) is 0 Å². The van der Waals surface area contributed by atoms with Crippen molar-refractivity contribution in [3.8, 4) is 0 Å². The summed E-state index contributed by atoms with van der Waals surface area (Å²) in [5.74, 6) is 0.547. The van der Waals surface area contributed by atoms with Crippen molar-refractivity contribution in [1.82, 2.24) is 0 Å². The normalized spacial score (nSPS) is 47.2. The van der Waals surface area contributed by atoms with Gasteiger partial charge < -0.3 is 9.47 Å². The van der Waals surface area contributed by atoms with Crippen LogP contribution < -0.4 is 0 Å². The fraction of sp³-hybridized carbons (Fsp3) is 1.00. The number of rotatable bonds is 0. The molecular weight excluding hydrogens is 224 g/mol. The average molecular weight is 254 g/mol. The topological polar surface area (TPSA) is 18.5 Å². The molecule has 2 nitrogen and oxygen atoms in total. The molecular formula is C16H30O2.